The molecule has 2 aromatic carbocycles. The predicted molar refractivity (Wildman–Crippen MR) is 80.8 cm³/mol. The van der Waals surface area contributed by atoms with E-state index in [0.29, 0.717) is 17.7 Å². The van der Waals surface area contributed by atoms with Gasteiger partial charge in [-0.1, -0.05) is 18.2 Å². The molecule has 2 aromatic rings. The van der Waals surface area contributed by atoms with Gasteiger partial charge in [0.1, 0.15) is 0 Å². The lowest BCUT2D eigenvalue weighted by atomic mass is 10.1. The zero-order valence-electron chi connectivity index (χ0n) is 11.4. The van der Waals surface area contributed by atoms with Crippen molar-refractivity contribution in [2.75, 3.05) is 17.7 Å². The molecule has 104 valence electrons. The van der Waals surface area contributed by atoms with Crippen molar-refractivity contribution in [1.29, 1.82) is 0 Å². The second kappa shape index (κ2) is 6.21. The van der Waals surface area contributed by atoms with E-state index in [1.807, 2.05) is 37.3 Å². The van der Waals surface area contributed by atoms with Crippen molar-refractivity contribution in [3.63, 3.8) is 0 Å². The van der Waals surface area contributed by atoms with E-state index in [-0.39, 0.29) is 12.5 Å². The zero-order chi connectivity index (χ0) is 14.5. The number of anilines is 2. The van der Waals surface area contributed by atoms with Gasteiger partial charge in [0.15, 0.2) is 0 Å². The molecule has 4 N–H and O–H groups in total. The number of hydrogen-bond donors (Lipinski definition) is 3. The topological polar surface area (TPSA) is 75.3 Å². The summed E-state index contributed by atoms with van der Waals surface area (Å²) in [6, 6.07) is 12.7. The number of carbonyl (C=O) groups is 1. The maximum atomic E-state index is 12.1. The van der Waals surface area contributed by atoms with E-state index in [1.54, 1.807) is 12.1 Å². The molecule has 4 nitrogen and oxygen atoms in total. The first-order valence-corrected chi connectivity index (χ1v) is 6.47. The second-order valence-corrected chi connectivity index (χ2v) is 4.70. The second-order valence-electron chi connectivity index (χ2n) is 4.70. The highest BCUT2D eigenvalue weighted by Gasteiger charge is 2.07. The first-order chi connectivity index (χ1) is 9.60. The zero-order valence-corrected chi connectivity index (χ0v) is 11.4. The molecule has 0 heterocycles. The summed E-state index contributed by atoms with van der Waals surface area (Å²) in [5.74, 6) is -0.188. The molecule has 20 heavy (non-hydrogen) atoms. The monoisotopic (exact) mass is 270 g/mol. The quantitative estimate of drug-likeness (QED) is 0.747. The summed E-state index contributed by atoms with van der Waals surface area (Å²) >= 11 is 0. The van der Waals surface area contributed by atoms with E-state index in [2.05, 4.69) is 5.32 Å². The molecule has 0 aliphatic rings. The largest absolute Gasteiger partial charge is 0.398 e. The van der Waals surface area contributed by atoms with Gasteiger partial charge in [-0.3, -0.25) is 4.79 Å². The van der Waals surface area contributed by atoms with Gasteiger partial charge in [-0.15, -0.1) is 0 Å². The molecule has 0 fully saturated rings. The summed E-state index contributed by atoms with van der Waals surface area (Å²) in [6.07, 6.45) is 0.614. The van der Waals surface area contributed by atoms with Crippen LogP contribution in [0.25, 0.3) is 0 Å². The maximum Gasteiger partial charge on any atom is 0.255 e. The molecule has 0 radical (unpaired) electrons. The normalized spacial score (nSPS) is 10.3. The predicted octanol–water partition coefficient (Wildman–Crippen LogP) is 2.36. The minimum atomic E-state index is -0.188. The number of aryl methyl sites for hydroxylation is 1. The summed E-state index contributed by atoms with van der Waals surface area (Å²) in [4.78, 5) is 12.1. The molecule has 0 unspecified atom stereocenters. The van der Waals surface area contributed by atoms with Crippen LogP contribution in [-0.4, -0.2) is 17.6 Å². The highest BCUT2D eigenvalue weighted by Crippen LogP contribution is 2.15. The van der Waals surface area contributed by atoms with Crippen molar-refractivity contribution < 1.29 is 9.90 Å². The van der Waals surface area contributed by atoms with Crippen LogP contribution in [0.5, 0.6) is 0 Å². The molecule has 0 aliphatic heterocycles. The lowest BCUT2D eigenvalue weighted by Gasteiger charge is -2.08. The molecule has 1 amide bonds. The summed E-state index contributed by atoms with van der Waals surface area (Å²) in [6.45, 7) is 2.02. The van der Waals surface area contributed by atoms with Gasteiger partial charge >= 0.3 is 0 Å². The molecule has 2 rings (SSSR count). The molecule has 0 spiro atoms. The van der Waals surface area contributed by atoms with Gasteiger partial charge < -0.3 is 16.2 Å². The van der Waals surface area contributed by atoms with Crippen LogP contribution in [0.1, 0.15) is 21.5 Å². The maximum absolute atomic E-state index is 12.1. The average Bonchev–Trinajstić information content (AvgIpc) is 2.44. The fourth-order valence-corrected chi connectivity index (χ4v) is 1.87. The molecule has 0 atom stereocenters. The highest BCUT2D eigenvalue weighted by atomic mass is 16.2. The third-order valence-corrected chi connectivity index (χ3v) is 3.15. The van der Waals surface area contributed by atoms with Crippen LogP contribution in [0.4, 0.5) is 11.4 Å². The van der Waals surface area contributed by atoms with Gasteiger partial charge in [-0.2, -0.15) is 0 Å². The Labute approximate surface area is 118 Å². The lowest BCUT2D eigenvalue weighted by Crippen LogP contribution is -2.12. The third kappa shape index (κ3) is 3.36. The van der Waals surface area contributed by atoms with Crippen LogP contribution in [0.15, 0.2) is 42.5 Å². The van der Waals surface area contributed by atoms with Crippen molar-refractivity contribution in [3.05, 3.63) is 59.2 Å². The number of carbonyl (C=O) groups excluding carboxylic acids is 1. The van der Waals surface area contributed by atoms with Crippen LogP contribution in [0.2, 0.25) is 0 Å². The summed E-state index contributed by atoms with van der Waals surface area (Å²) in [5.41, 5.74) is 9.65. The molecule has 0 aromatic heterocycles. The van der Waals surface area contributed by atoms with Crippen molar-refractivity contribution in [2.45, 2.75) is 13.3 Å². The molecule has 4 heteroatoms. The van der Waals surface area contributed by atoms with Crippen LogP contribution in [0, 0.1) is 6.92 Å². The number of nitrogen functional groups attached to an aromatic ring is 1. The Hall–Kier alpha value is -2.33. The van der Waals surface area contributed by atoms with Gasteiger partial charge in [-0.05, 0) is 48.7 Å². The number of benzene rings is 2. The smallest absolute Gasteiger partial charge is 0.255 e. The Balaban J connectivity index is 2.08. The van der Waals surface area contributed by atoms with Gasteiger partial charge in [0, 0.05) is 23.5 Å². The Bertz CT molecular complexity index is 606. The summed E-state index contributed by atoms with van der Waals surface area (Å²) in [5, 5.41) is 11.7. The molecule has 0 bridgehead atoms. The first kappa shape index (κ1) is 14.1. The summed E-state index contributed by atoms with van der Waals surface area (Å²) in [7, 11) is 0. The molecular formula is C16H18N2O2. The first-order valence-electron chi connectivity index (χ1n) is 6.47. The minimum absolute atomic E-state index is 0.119. The molecule has 0 saturated heterocycles. The Morgan fingerprint density at radius 2 is 1.90 bits per heavy atom. The molecule has 0 saturated carbocycles. The standard InChI is InChI=1S/C16H18N2O2/c1-11-2-5-13(10-15(11)17)16(20)18-14-6-3-12(4-7-14)8-9-19/h2-7,10,19H,8-9,17H2,1H3,(H,18,20). The van der Waals surface area contributed by atoms with E-state index >= 15 is 0 Å². The SMILES string of the molecule is Cc1ccc(C(=O)Nc2ccc(CCO)cc2)cc1N. The number of nitrogens with two attached hydrogens (primary N) is 1. The van der Waals surface area contributed by atoms with Gasteiger partial charge in [0.2, 0.25) is 0 Å². The third-order valence-electron chi connectivity index (χ3n) is 3.15. The van der Waals surface area contributed by atoms with Crippen LogP contribution in [0.3, 0.4) is 0 Å². The number of aliphatic hydroxyl groups is 1. The van der Waals surface area contributed by atoms with E-state index in [4.69, 9.17) is 10.8 Å². The van der Waals surface area contributed by atoms with Crippen molar-refractivity contribution in [3.8, 4) is 0 Å². The van der Waals surface area contributed by atoms with Crippen molar-refractivity contribution >= 4 is 17.3 Å². The Morgan fingerprint density at radius 1 is 1.20 bits per heavy atom. The van der Waals surface area contributed by atoms with Crippen LogP contribution < -0.4 is 11.1 Å². The average molecular weight is 270 g/mol. The number of amides is 1. The Morgan fingerprint density at radius 3 is 2.50 bits per heavy atom. The number of hydrogen-bond acceptors (Lipinski definition) is 3. The van der Waals surface area contributed by atoms with Gasteiger partial charge in [0.05, 0.1) is 0 Å². The minimum Gasteiger partial charge on any atom is -0.398 e. The molecular weight excluding hydrogens is 252 g/mol. The molecule has 0 aliphatic carbocycles. The van der Waals surface area contributed by atoms with E-state index < -0.39 is 0 Å². The fraction of sp³-hybridized carbons (Fsp3) is 0.188. The number of aliphatic hydroxyl groups excluding tert-OH is 1. The van der Waals surface area contributed by atoms with E-state index in [0.717, 1.165) is 16.8 Å². The Kier molecular flexibility index (Phi) is 4.38. The number of rotatable bonds is 4. The van der Waals surface area contributed by atoms with Crippen molar-refractivity contribution in [1.82, 2.24) is 0 Å². The van der Waals surface area contributed by atoms with Crippen LogP contribution in [-0.2, 0) is 6.42 Å². The van der Waals surface area contributed by atoms with E-state index in [1.165, 1.54) is 0 Å². The van der Waals surface area contributed by atoms with Crippen LogP contribution >= 0.6 is 0 Å². The lowest BCUT2D eigenvalue weighted by molar-refractivity contribution is 0.102. The van der Waals surface area contributed by atoms with E-state index in [9.17, 15) is 4.79 Å². The highest BCUT2D eigenvalue weighted by molar-refractivity contribution is 6.04. The van der Waals surface area contributed by atoms with Gasteiger partial charge in [0.25, 0.3) is 5.91 Å². The summed E-state index contributed by atoms with van der Waals surface area (Å²) < 4.78 is 0. The fourth-order valence-electron chi connectivity index (χ4n) is 1.87. The van der Waals surface area contributed by atoms with Crippen molar-refractivity contribution in [2.24, 2.45) is 0 Å². The van der Waals surface area contributed by atoms with Gasteiger partial charge in [-0.25, -0.2) is 0 Å². The number of nitrogens with one attached hydrogen (secondary N) is 1.